The molecule has 3 rings (SSSR count). The van der Waals surface area contributed by atoms with Gasteiger partial charge in [0.2, 0.25) is 0 Å². The van der Waals surface area contributed by atoms with Crippen LogP contribution in [-0.4, -0.2) is 49.5 Å². The fourth-order valence-corrected chi connectivity index (χ4v) is 3.16. The average molecular weight is 332 g/mol. The number of ether oxygens (including phenoxy) is 2. The zero-order chi connectivity index (χ0) is 17.1. The van der Waals surface area contributed by atoms with E-state index in [1.54, 1.807) is 14.2 Å². The monoisotopic (exact) mass is 332 g/mol. The van der Waals surface area contributed by atoms with Gasteiger partial charge in [0.15, 0.2) is 0 Å². The Kier molecular flexibility index (Phi) is 4.92. The van der Waals surface area contributed by atoms with Gasteiger partial charge in [0.05, 0.1) is 26.0 Å². The molecular weight excluding hydrogens is 308 g/mol. The topological polar surface area (TPSA) is 66.1 Å². The van der Waals surface area contributed by atoms with Gasteiger partial charge >= 0.3 is 0 Å². The van der Waals surface area contributed by atoms with Gasteiger partial charge in [0, 0.05) is 50.8 Å². The van der Waals surface area contributed by atoms with E-state index in [0.29, 0.717) is 25.2 Å². The standard InChI is InChI=1S/C17H24N4O3/c1-20-11-15(18-19-20)16-8-13(22)6-7-21(16)10-12-4-5-14(23-2)9-17(12)24-3/h4-5,9,11,16,18-19H,6-8,10H2,1-3H3. The number of piperidine rings is 1. The lowest BCUT2D eigenvalue weighted by Gasteiger charge is -2.35. The highest BCUT2D eigenvalue weighted by molar-refractivity contribution is 5.80. The molecule has 1 saturated heterocycles. The largest absolute Gasteiger partial charge is 0.497 e. The molecule has 2 aliphatic rings. The van der Waals surface area contributed by atoms with Gasteiger partial charge in [-0.05, 0) is 6.07 Å². The molecule has 0 saturated carbocycles. The third-order valence-corrected chi connectivity index (χ3v) is 4.48. The minimum atomic E-state index is 0.0375. The lowest BCUT2D eigenvalue weighted by Crippen LogP contribution is -2.47. The first-order chi connectivity index (χ1) is 11.6. The molecule has 1 fully saturated rings. The average Bonchev–Trinajstić information content (AvgIpc) is 3.03. The van der Waals surface area contributed by atoms with Crippen molar-refractivity contribution in [3.8, 4) is 11.5 Å². The van der Waals surface area contributed by atoms with Crippen LogP contribution in [0.3, 0.4) is 0 Å². The Labute approximate surface area is 142 Å². The molecule has 2 aliphatic heterocycles. The Morgan fingerprint density at radius 3 is 2.79 bits per heavy atom. The van der Waals surface area contributed by atoms with Gasteiger partial charge < -0.3 is 14.9 Å². The van der Waals surface area contributed by atoms with Crippen LogP contribution in [0.2, 0.25) is 0 Å². The number of benzene rings is 1. The van der Waals surface area contributed by atoms with Crippen molar-refractivity contribution < 1.29 is 14.3 Å². The third kappa shape index (κ3) is 3.47. The van der Waals surface area contributed by atoms with Crippen molar-refractivity contribution in [3.05, 3.63) is 35.7 Å². The minimum Gasteiger partial charge on any atom is -0.497 e. The summed E-state index contributed by atoms with van der Waals surface area (Å²) in [6.45, 7) is 1.45. The van der Waals surface area contributed by atoms with E-state index >= 15 is 0 Å². The maximum Gasteiger partial charge on any atom is 0.136 e. The Bertz CT molecular complexity index is 647. The van der Waals surface area contributed by atoms with E-state index in [0.717, 1.165) is 29.3 Å². The van der Waals surface area contributed by atoms with Crippen LogP contribution in [0, 0.1) is 0 Å². The highest BCUT2D eigenvalue weighted by atomic mass is 16.5. The summed E-state index contributed by atoms with van der Waals surface area (Å²) in [5.74, 6) is 1.87. The SMILES string of the molecule is COc1ccc(CN2CCC(=O)CC2C2=CN(C)NN2)c(OC)c1. The Balaban J connectivity index is 1.81. The van der Waals surface area contributed by atoms with Crippen molar-refractivity contribution in [3.63, 3.8) is 0 Å². The van der Waals surface area contributed by atoms with Crippen molar-refractivity contribution in [2.75, 3.05) is 27.8 Å². The van der Waals surface area contributed by atoms with E-state index in [9.17, 15) is 4.79 Å². The first-order valence-corrected chi connectivity index (χ1v) is 8.03. The molecule has 0 spiro atoms. The number of carbonyl (C=O) groups is 1. The van der Waals surface area contributed by atoms with E-state index in [1.165, 1.54) is 0 Å². The lowest BCUT2D eigenvalue weighted by molar-refractivity contribution is -0.122. The fraction of sp³-hybridized carbons (Fsp3) is 0.471. The Morgan fingerprint density at radius 2 is 2.12 bits per heavy atom. The van der Waals surface area contributed by atoms with Crippen LogP contribution in [0.1, 0.15) is 18.4 Å². The van der Waals surface area contributed by atoms with E-state index < -0.39 is 0 Å². The van der Waals surface area contributed by atoms with Crippen molar-refractivity contribution in [2.45, 2.75) is 25.4 Å². The van der Waals surface area contributed by atoms with Gasteiger partial charge in [0.25, 0.3) is 0 Å². The Hall–Kier alpha value is -2.25. The highest BCUT2D eigenvalue weighted by Gasteiger charge is 2.32. The molecule has 0 radical (unpaired) electrons. The van der Waals surface area contributed by atoms with Crippen LogP contribution in [0.4, 0.5) is 0 Å². The number of nitrogens with one attached hydrogen (secondary N) is 2. The van der Waals surface area contributed by atoms with Crippen molar-refractivity contribution in [2.24, 2.45) is 0 Å². The summed E-state index contributed by atoms with van der Waals surface area (Å²) in [6.07, 6.45) is 3.10. The summed E-state index contributed by atoms with van der Waals surface area (Å²) < 4.78 is 10.8. The van der Waals surface area contributed by atoms with Crippen LogP contribution in [0.15, 0.2) is 30.1 Å². The van der Waals surface area contributed by atoms with Gasteiger partial charge in [-0.3, -0.25) is 14.7 Å². The second-order valence-corrected chi connectivity index (χ2v) is 6.09. The van der Waals surface area contributed by atoms with Gasteiger partial charge in [0.1, 0.15) is 17.3 Å². The summed E-state index contributed by atoms with van der Waals surface area (Å²) >= 11 is 0. The van der Waals surface area contributed by atoms with Crippen LogP contribution in [0.25, 0.3) is 0 Å². The second-order valence-electron chi connectivity index (χ2n) is 6.09. The number of Topliss-reactive ketones (excluding diaryl/α,β-unsaturated/α-hetero) is 1. The van der Waals surface area contributed by atoms with Crippen LogP contribution in [-0.2, 0) is 11.3 Å². The van der Waals surface area contributed by atoms with Crippen molar-refractivity contribution in [1.29, 1.82) is 0 Å². The second kappa shape index (κ2) is 7.11. The molecule has 130 valence electrons. The normalized spacial score (nSPS) is 21.5. The molecule has 7 nitrogen and oxygen atoms in total. The predicted octanol–water partition coefficient (Wildman–Crippen LogP) is 1.03. The summed E-state index contributed by atoms with van der Waals surface area (Å²) in [7, 11) is 5.22. The van der Waals surface area contributed by atoms with E-state index in [1.807, 2.05) is 36.5 Å². The highest BCUT2D eigenvalue weighted by Crippen LogP contribution is 2.29. The van der Waals surface area contributed by atoms with Gasteiger partial charge in [-0.2, -0.15) is 0 Å². The van der Waals surface area contributed by atoms with Gasteiger partial charge in [-0.15, -0.1) is 5.53 Å². The molecule has 0 aromatic heterocycles. The maximum absolute atomic E-state index is 12.0. The lowest BCUT2D eigenvalue weighted by atomic mass is 9.97. The molecule has 1 aromatic carbocycles. The molecule has 2 N–H and O–H groups in total. The van der Waals surface area contributed by atoms with E-state index in [4.69, 9.17) is 9.47 Å². The number of carbonyl (C=O) groups excluding carboxylic acids is 1. The molecule has 24 heavy (non-hydrogen) atoms. The number of methoxy groups -OCH3 is 2. The number of hydrazine groups is 2. The quantitative estimate of drug-likeness (QED) is 0.835. The predicted molar refractivity (Wildman–Crippen MR) is 90.1 cm³/mol. The molecule has 2 heterocycles. The van der Waals surface area contributed by atoms with Gasteiger partial charge in [-0.1, -0.05) is 6.07 Å². The molecule has 7 heteroatoms. The number of hydrogen-bond donors (Lipinski definition) is 2. The van der Waals surface area contributed by atoms with E-state index in [-0.39, 0.29) is 6.04 Å². The van der Waals surface area contributed by atoms with Crippen molar-refractivity contribution in [1.82, 2.24) is 20.9 Å². The molecule has 0 bridgehead atoms. The van der Waals surface area contributed by atoms with Gasteiger partial charge in [-0.25, -0.2) is 0 Å². The molecule has 1 atom stereocenters. The number of hydrogen-bond acceptors (Lipinski definition) is 7. The number of ketones is 1. The maximum atomic E-state index is 12.0. The number of likely N-dealkylation sites (tertiary alicyclic amines) is 1. The summed E-state index contributed by atoms with van der Waals surface area (Å²) in [4.78, 5) is 14.3. The van der Waals surface area contributed by atoms with Crippen molar-refractivity contribution >= 4 is 5.78 Å². The first kappa shape index (κ1) is 16.6. The fourth-order valence-electron chi connectivity index (χ4n) is 3.16. The number of nitrogens with zero attached hydrogens (tertiary/aromatic N) is 2. The molecule has 1 unspecified atom stereocenters. The zero-order valence-electron chi connectivity index (χ0n) is 14.3. The van der Waals surface area contributed by atoms with E-state index in [2.05, 4.69) is 15.9 Å². The van der Waals surface area contributed by atoms with Crippen LogP contribution < -0.4 is 20.4 Å². The number of rotatable bonds is 5. The van der Waals surface area contributed by atoms with Crippen LogP contribution in [0.5, 0.6) is 11.5 Å². The molecular formula is C17H24N4O3. The summed E-state index contributed by atoms with van der Waals surface area (Å²) in [5, 5.41) is 1.85. The molecule has 0 aliphatic carbocycles. The summed E-state index contributed by atoms with van der Waals surface area (Å²) in [6, 6.07) is 5.88. The summed E-state index contributed by atoms with van der Waals surface area (Å²) in [5.41, 5.74) is 8.26. The first-order valence-electron chi connectivity index (χ1n) is 8.03. The zero-order valence-corrected chi connectivity index (χ0v) is 14.3. The molecule has 0 amide bonds. The third-order valence-electron chi connectivity index (χ3n) is 4.48. The smallest absolute Gasteiger partial charge is 0.136 e. The minimum absolute atomic E-state index is 0.0375. The Morgan fingerprint density at radius 1 is 1.29 bits per heavy atom. The van der Waals surface area contributed by atoms with Crippen LogP contribution >= 0.6 is 0 Å². The molecule has 1 aromatic rings.